The normalized spacial score (nSPS) is 18.2. The third-order valence-electron chi connectivity index (χ3n) is 4.00. The van der Waals surface area contributed by atoms with E-state index in [1.54, 1.807) is 12.3 Å². The minimum atomic E-state index is 0.151. The second-order valence-electron chi connectivity index (χ2n) is 5.20. The van der Waals surface area contributed by atoms with Crippen molar-refractivity contribution in [1.29, 1.82) is 0 Å². The summed E-state index contributed by atoms with van der Waals surface area (Å²) < 4.78 is 0. The topological polar surface area (TPSA) is 24.9 Å². The maximum Gasteiger partial charge on any atom is 0.0760 e. The summed E-state index contributed by atoms with van der Waals surface area (Å²) in [4.78, 5) is 4.39. The maximum atomic E-state index is 6.26. The highest BCUT2D eigenvalue weighted by molar-refractivity contribution is 6.34. The minimum Gasteiger partial charge on any atom is -0.312 e. The Hall–Kier alpha value is -1.09. The van der Waals surface area contributed by atoms with Crippen LogP contribution >= 0.6 is 23.2 Å². The fourth-order valence-electron chi connectivity index (χ4n) is 2.91. The van der Waals surface area contributed by atoms with Crippen LogP contribution in [0.2, 0.25) is 10.0 Å². The molecule has 20 heavy (non-hydrogen) atoms. The van der Waals surface area contributed by atoms with Crippen molar-refractivity contribution >= 4 is 23.2 Å². The number of nitrogens with one attached hydrogen (secondary N) is 1. The van der Waals surface area contributed by atoms with Crippen molar-refractivity contribution in [2.75, 3.05) is 7.05 Å². The van der Waals surface area contributed by atoms with E-state index in [1.165, 1.54) is 11.1 Å². The first-order chi connectivity index (χ1) is 9.69. The molecule has 0 fully saturated rings. The lowest BCUT2D eigenvalue weighted by Crippen LogP contribution is -2.25. The lowest BCUT2D eigenvalue weighted by molar-refractivity contribution is 0.445. The van der Waals surface area contributed by atoms with Gasteiger partial charge in [0.25, 0.3) is 0 Å². The van der Waals surface area contributed by atoms with Gasteiger partial charge in [-0.05, 0) is 43.0 Å². The Morgan fingerprint density at radius 2 is 2.15 bits per heavy atom. The third kappa shape index (κ3) is 2.56. The lowest BCUT2D eigenvalue weighted by Gasteiger charge is -2.33. The highest BCUT2D eigenvalue weighted by atomic mass is 35.5. The van der Waals surface area contributed by atoms with Gasteiger partial charge < -0.3 is 5.32 Å². The zero-order valence-electron chi connectivity index (χ0n) is 11.2. The van der Waals surface area contributed by atoms with Crippen LogP contribution in [-0.4, -0.2) is 12.0 Å². The van der Waals surface area contributed by atoms with Crippen molar-refractivity contribution < 1.29 is 0 Å². The summed E-state index contributed by atoms with van der Waals surface area (Å²) in [6.07, 6.45) is 3.79. The van der Waals surface area contributed by atoms with Crippen molar-refractivity contribution in [2.45, 2.75) is 24.8 Å². The van der Waals surface area contributed by atoms with E-state index in [9.17, 15) is 0 Å². The van der Waals surface area contributed by atoms with Crippen molar-refractivity contribution in [3.8, 4) is 0 Å². The highest BCUT2D eigenvalue weighted by Crippen LogP contribution is 2.41. The molecule has 1 aromatic heterocycles. The van der Waals surface area contributed by atoms with Gasteiger partial charge in [-0.15, -0.1) is 0 Å². The van der Waals surface area contributed by atoms with Crippen molar-refractivity contribution in [2.24, 2.45) is 0 Å². The maximum absolute atomic E-state index is 6.26. The molecule has 2 atom stereocenters. The van der Waals surface area contributed by atoms with Crippen LogP contribution in [0.3, 0.4) is 0 Å². The average Bonchev–Trinajstić information content (AvgIpc) is 2.41. The number of rotatable bonds is 4. The number of benzene rings is 1. The van der Waals surface area contributed by atoms with Gasteiger partial charge in [0.1, 0.15) is 0 Å². The smallest absolute Gasteiger partial charge is 0.0760 e. The molecule has 0 saturated carbocycles. The number of pyridine rings is 1. The summed E-state index contributed by atoms with van der Waals surface area (Å²) >= 11 is 12.2. The van der Waals surface area contributed by atoms with Crippen LogP contribution in [0.5, 0.6) is 0 Å². The summed E-state index contributed by atoms with van der Waals surface area (Å²) in [6.45, 7) is 0. The SMILES string of the molecule is CNC(CC1Cc2ccccc21)c1ncc(Cl)cc1Cl. The molecule has 1 heterocycles. The summed E-state index contributed by atoms with van der Waals surface area (Å²) in [6, 6.07) is 10.5. The Kier molecular flexibility index (Phi) is 3.97. The van der Waals surface area contributed by atoms with Crippen molar-refractivity contribution in [3.63, 3.8) is 0 Å². The second kappa shape index (κ2) is 5.72. The summed E-state index contributed by atoms with van der Waals surface area (Å²) in [7, 11) is 1.95. The van der Waals surface area contributed by atoms with Gasteiger partial charge in [0.05, 0.1) is 21.8 Å². The first kappa shape index (κ1) is 13.9. The summed E-state index contributed by atoms with van der Waals surface area (Å²) in [5, 5.41) is 4.52. The molecule has 1 aliphatic rings. The molecule has 4 heteroatoms. The van der Waals surface area contributed by atoms with E-state index in [1.807, 2.05) is 7.05 Å². The standard InChI is InChI=1S/C16H16Cl2N2/c1-19-15(16-14(18)8-12(17)9-20-16)7-11-6-10-4-2-3-5-13(10)11/h2-5,8-9,11,15,19H,6-7H2,1H3. The predicted molar refractivity (Wildman–Crippen MR) is 83.6 cm³/mol. The van der Waals surface area contributed by atoms with Gasteiger partial charge in [0.15, 0.2) is 0 Å². The molecule has 104 valence electrons. The predicted octanol–water partition coefficient (Wildman–Crippen LogP) is 4.38. The molecule has 0 spiro atoms. The molecule has 1 aliphatic carbocycles. The summed E-state index contributed by atoms with van der Waals surface area (Å²) in [5.74, 6) is 0.581. The molecular formula is C16H16Cl2N2. The van der Waals surface area contributed by atoms with E-state index in [-0.39, 0.29) is 6.04 Å². The molecule has 2 unspecified atom stereocenters. The van der Waals surface area contributed by atoms with Crippen LogP contribution in [0, 0.1) is 0 Å². The van der Waals surface area contributed by atoms with E-state index in [0.29, 0.717) is 16.0 Å². The van der Waals surface area contributed by atoms with Crippen molar-refractivity contribution in [1.82, 2.24) is 10.3 Å². The number of halogens is 2. The molecule has 0 amide bonds. The fraction of sp³-hybridized carbons (Fsp3) is 0.312. The number of hydrogen-bond donors (Lipinski definition) is 1. The molecule has 3 rings (SSSR count). The molecule has 2 aromatic rings. The average molecular weight is 307 g/mol. The Bertz CT molecular complexity index is 628. The van der Waals surface area contributed by atoms with Gasteiger partial charge in [-0.2, -0.15) is 0 Å². The van der Waals surface area contributed by atoms with Crippen LogP contribution < -0.4 is 5.32 Å². The van der Waals surface area contributed by atoms with Crippen LogP contribution in [0.4, 0.5) is 0 Å². The van der Waals surface area contributed by atoms with Crippen LogP contribution in [0.1, 0.15) is 35.2 Å². The highest BCUT2D eigenvalue weighted by Gasteiger charge is 2.29. The monoisotopic (exact) mass is 306 g/mol. The molecule has 0 saturated heterocycles. The van der Waals surface area contributed by atoms with E-state index < -0.39 is 0 Å². The van der Waals surface area contributed by atoms with Gasteiger partial charge in [-0.1, -0.05) is 47.5 Å². The first-order valence-corrected chi connectivity index (χ1v) is 7.50. The van der Waals surface area contributed by atoms with Gasteiger partial charge in [0.2, 0.25) is 0 Å². The minimum absolute atomic E-state index is 0.151. The Morgan fingerprint density at radius 1 is 1.35 bits per heavy atom. The van der Waals surface area contributed by atoms with E-state index >= 15 is 0 Å². The summed E-state index contributed by atoms with van der Waals surface area (Å²) in [5.41, 5.74) is 3.79. The fourth-order valence-corrected chi connectivity index (χ4v) is 3.42. The molecule has 1 N–H and O–H groups in total. The number of aromatic nitrogens is 1. The third-order valence-corrected chi connectivity index (χ3v) is 4.51. The van der Waals surface area contributed by atoms with Crippen LogP contribution in [0.15, 0.2) is 36.5 Å². The molecular weight excluding hydrogens is 291 g/mol. The first-order valence-electron chi connectivity index (χ1n) is 6.75. The second-order valence-corrected chi connectivity index (χ2v) is 6.04. The quantitative estimate of drug-likeness (QED) is 0.907. The number of hydrogen-bond acceptors (Lipinski definition) is 2. The largest absolute Gasteiger partial charge is 0.312 e. The van der Waals surface area contributed by atoms with Gasteiger partial charge in [-0.3, -0.25) is 4.98 Å². The molecule has 0 radical (unpaired) electrons. The lowest BCUT2D eigenvalue weighted by atomic mass is 9.74. The molecule has 0 bridgehead atoms. The van der Waals surface area contributed by atoms with E-state index in [0.717, 1.165) is 18.5 Å². The van der Waals surface area contributed by atoms with Crippen molar-refractivity contribution in [3.05, 3.63) is 63.4 Å². The van der Waals surface area contributed by atoms with Gasteiger partial charge in [-0.25, -0.2) is 0 Å². The number of fused-ring (bicyclic) bond motifs is 1. The zero-order valence-corrected chi connectivity index (χ0v) is 12.7. The van der Waals surface area contributed by atoms with Gasteiger partial charge in [0, 0.05) is 6.20 Å². The van der Waals surface area contributed by atoms with Crippen LogP contribution in [0.25, 0.3) is 0 Å². The molecule has 1 aromatic carbocycles. The number of nitrogens with zero attached hydrogens (tertiary/aromatic N) is 1. The van der Waals surface area contributed by atoms with E-state index in [4.69, 9.17) is 23.2 Å². The van der Waals surface area contributed by atoms with Gasteiger partial charge >= 0.3 is 0 Å². The molecule has 2 nitrogen and oxygen atoms in total. The Morgan fingerprint density at radius 3 is 2.85 bits per heavy atom. The Labute approximate surface area is 129 Å². The molecule has 0 aliphatic heterocycles. The Balaban J connectivity index is 1.79. The van der Waals surface area contributed by atoms with E-state index in [2.05, 4.69) is 34.6 Å². The van der Waals surface area contributed by atoms with Crippen LogP contribution in [-0.2, 0) is 6.42 Å². The zero-order chi connectivity index (χ0) is 14.1.